The van der Waals surface area contributed by atoms with Crippen LogP contribution in [0.1, 0.15) is 25.0 Å². The maximum atomic E-state index is 12.0. The lowest BCUT2D eigenvalue weighted by Crippen LogP contribution is -2.46. The van der Waals surface area contributed by atoms with Gasteiger partial charge < -0.3 is 14.2 Å². The molecule has 1 aliphatic carbocycles. The molecule has 2 rings (SSSR count). The number of hydrogen-bond donors (Lipinski definition) is 0. The van der Waals surface area contributed by atoms with Crippen LogP contribution in [0.3, 0.4) is 0 Å². The number of aryl methyl sites for hydroxylation is 1. The van der Waals surface area contributed by atoms with E-state index in [1.165, 1.54) is 13.5 Å². The first-order chi connectivity index (χ1) is 7.74. The quantitative estimate of drug-likeness (QED) is 0.778. The molecule has 5 nitrogen and oxygen atoms in total. The number of ether oxygens (including phenoxy) is 1. The maximum absolute atomic E-state index is 12.0. The average Bonchev–Trinajstić information content (AvgIpc) is 2.58. The molecule has 0 spiro atoms. The summed E-state index contributed by atoms with van der Waals surface area (Å²) in [6, 6.07) is 0.278. The van der Waals surface area contributed by atoms with E-state index in [9.17, 15) is 4.79 Å². The van der Waals surface area contributed by atoms with Crippen LogP contribution in [0.4, 0.5) is 5.69 Å². The fourth-order valence-electron chi connectivity index (χ4n) is 1.90. The van der Waals surface area contributed by atoms with E-state index in [2.05, 4.69) is 5.16 Å². The number of rotatable bonds is 4. The normalized spacial score (nSPS) is 15.9. The van der Waals surface area contributed by atoms with Crippen LogP contribution in [0.2, 0.25) is 0 Å². The van der Waals surface area contributed by atoms with Gasteiger partial charge in [0.25, 0.3) is 5.91 Å². The largest absolute Gasteiger partial charge is 0.375 e. The van der Waals surface area contributed by atoms with E-state index < -0.39 is 0 Å². The van der Waals surface area contributed by atoms with Crippen LogP contribution in [0.5, 0.6) is 0 Å². The molecule has 1 amide bonds. The first-order valence-electron chi connectivity index (χ1n) is 5.46. The van der Waals surface area contributed by atoms with Crippen molar-refractivity contribution >= 4 is 11.6 Å². The Labute approximate surface area is 94.3 Å². The zero-order valence-electron chi connectivity index (χ0n) is 9.60. The smallest absolute Gasteiger partial charge is 0.253 e. The first-order valence-corrected chi connectivity index (χ1v) is 5.46. The van der Waals surface area contributed by atoms with E-state index in [4.69, 9.17) is 9.26 Å². The summed E-state index contributed by atoms with van der Waals surface area (Å²) in [5.74, 6) is 0.648. The van der Waals surface area contributed by atoms with Gasteiger partial charge in [0.1, 0.15) is 12.3 Å². The zero-order chi connectivity index (χ0) is 11.5. The lowest BCUT2D eigenvalue weighted by Gasteiger charge is -2.36. The van der Waals surface area contributed by atoms with Crippen LogP contribution in [-0.4, -0.2) is 30.8 Å². The van der Waals surface area contributed by atoms with Crippen molar-refractivity contribution in [3.05, 3.63) is 12.0 Å². The summed E-state index contributed by atoms with van der Waals surface area (Å²) >= 11 is 0. The standard InChI is InChI=1S/C11H16N2O3/c1-8-10(6-12-16-8)13(9-4-3-5-9)11(14)7-15-2/h6,9H,3-5,7H2,1-2H3. The third-order valence-corrected chi connectivity index (χ3v) is 2.96. The molecule has 5 heteroatoms. The highest BCUT2D eigenvalue weighted by atomic mass is 16.5. The summed E-state index contributed by atoms with van der Waals surface area (Å²) in [5.41, 5.74) is 0.770. The molecule has 1 fully saturated rings. The molecule has 0 aromatic carbocycles. The van der Waals surface area contributed by atoms with Crippen LogP contribution in [0.15, 0.2) is 10.7 Å². The molecule has 0 aliphatic heterocycles. The fraction of sp³-hybridized carbons (Fsp3) is 0.636. The second-order valence-electron chi connectivity index (χ2n) is 4.05. The van der Waals surface area contributed by atoms with E-state index in [-0.39, 0.29) is 18.6 Å². The molecule has 1 saturated carbocycles. The van der Waals surface area contributed by atoms with Crippen molar-refractivity contribution in [2.24, 2.45) is 0 Å². The maximum Gasteiger partial charge on any atom is 0.253 e. The molecule has 1 heterocycles. The summed E-state index contributed by atoms with van der Waals surface area (Å²) in [5, 5.41) is 3.72. The molecule has 0 bridgehead atoms. The van der Waals surface area contributed by atoms with Gasteiger partial charge in [-0.3, -0.25) is 4.79 Å². The van der Waals surface area contributed by atoms with Crippen molar-refractivity contribution < 1.29 is 14.1 Å². The molecular formula is C11H16N2O3. The monoisotopic (exact) mass is 224 g/mol. The molecule has 1 aliphatic rings. The van der Waals surface area contributed by atoms with Crippen LogP contribution in [0.25, 0.3) is 0 Å². The fourth-order valence-corrected chi connectivity index (χ4v) is 1.90. The second kappa shape index (κ2) is 4.65. The Morgan fingerprint density at radius 1 is 1.69 bits per heavy atom. The highest BCUT2D eigenvalue weighted by Crippen LogP contribution is 2.31. The number of hydrogen-bond acceptors (Lipinski definition) is 4. The summed E-state index contributed by atoms with van der Waals surface area (Å²) in [6.45, 7) is 1.91. The SMILES string of the molecule is COCC(=O)N(c1cnoc1C)C1CCC1. The Morgan fingerprint density at radius 2 is 2.44 bits per heavy atom. The molecule has 88 valence electrons. The van der Waals surface area contributed by atoms with Gasteiger partial charge in [-0.15, -0.1) is 0 Å². The van der Waals surface area contributed by atoms with E-state index in [0.29, 0.717) is 5.76 Å². The minimum atomic E-state index is -0.0292. The molecule has 1 aromatic rings. The van der Waals surface area contributed by atoms with Crippen molar-refractivity contribution in [1.82, 2.24) is 5.16 Å². The number of methoxy groups -OCH3 is 1. The molecule has 0 unspecified atom stereocenters. The molecule has 0 saturated heterocycles. The van der Waals surface area contributed by atoms with Gasteiger partial charge in [-0.25, -0.2) is 0 Å². The second-order valence-corrected chi connectivity index (χ2v) is 4.05. The van der Waals surface area contributed by atoms with Gasteiger partial charge in [0.05, 0.1) is 6.20 Å². The molecular weight excluding hydrogens is 208 g/mol. The third kappa shape index (κ3) is 1.95. The minimum Gasteiger partial charge on any atom is -0.375 e. The van der Waals surface area contributed by atoms with Gasteiger partial charge in [0.15, 0.2) is 5.76 Å². The van der Waals surface area contributed by atoms with E-state index in [0.717, 1.165) is 18.5 Å². The number of amides is 1. The Kier molecular flexibility index (Phi) is 3.24. The van der Waals surface area contributed by atoms with Crippen LogP contribution in [-0.2, 0) is 9.53 Å². The third-order valence-electron chi connectivity index (χ3n) is 2.96. The Bertz CT molecular complexity index is 371. The molecule has 0 atom stereocenters. The average molecular weight is 224 g/mol. The lowest BCUT2D eigenvalue weighted by molar-refractivity contribution is -0.123. The highest BCUT2D eigenvalue weighted by molar-refractivity contribution is 5.95. The predicted octanol–water partition coefficient (Wildman–Crippen LogP) is 1.51. The number of nitrogens with zero attached hydrogens (tertiary/aromatic N) is 2. The van der Waals surface area contributed by atoms with E-state index >= 15 is 0 Å². The Morgan fingerprint density at radius 3 is 2.88 bits per heavy atom. The molecule has 0 radical (unpaired) electrons. The summed E-state index contributed by atoms with van der Waals surface area (Å²) in [4.78, 5) is 13.7. The minimum absolute atomic E-state index is 0.0292. The van der Waals surface area contributed by atoms with Gasteiger partial charge in [0, 0.05) is 13.2 Å². The molecule has 1 aromatic heterocycles. The number of carbonyl (C=O) groups is 1. The van der Waals surface area contributed by atoms with Crippen molar-refractivity contribution in [3.63, 3.8) is 0 Å². The first kappa shape index (κ1) is 11.1. The van der Waals surface area contributed by atoms with Gasteiger partial charge in [-0.05, 0) is 26.2 Å². The topological polar surface area (TPSA) is 55.6 Å². The van der Waals surface area contributed by atoms with Gasteiger partial charge in [-0.2, -0.15) is 0 Å². The lowest BCUT2D eigenvalue weighted by atomic mass is 9.91. The van der Waals surface area contributed by atoms with Crippen molar-refractivity contribution in [2.75, 3.05) is 18.6 Å². The number of carbonyl (C=O) groups excluding carboxylic acids is 1. The Hall–Kier alpha value is -1.36. The van der Waals surface area contributed by atoms with E-state index in [1.54, 1.807) is 11.1 Å². The number of aromatic nitrogens is 1. The van der Waals surface area contributed by atoms with Crippen molar-refractivity contribution in [2.45, 2.75) is 32.2 Å². The highest BCUT2D eigenvalue weighted by Gasteiger charge is 2.31. The summed E-state index contributed by atoms with van der Waals surface area (Å²) in [6.07, 6.45) is 4.85. The summed E-state index contributed by atoms with van der Waals surface area (Å²) in [7, 11) is 1.53. The summed E-state index contributed by atoms with van der Waals surface area (Å²) < 4.78 is 9.91. The van der Waals surface area contributed by atoms with Crippen LogP contribution >= 0.6 is 0 Å². The van der Waals surface area contributed by atoms with Crippen LogP contribution in [0, 0.1) is 6.92 Å². The van der Waals surface area contributed by atoms with Gasteiger partial charge >= 0.3 is 0 Å². The number of anilines is 1. The Balaban J connectivity index is 2.20. The van der Waals surface area contributed by atoms with Crippen molar-refractivity contribution in [3.8, 4) is 0 Å². The molecule has 0 N–H and O–H groups in total. The zero-order valence-corrected chi connectivity index (χ0v) is 9.60. The predicted molar refractivity (Wildman–Crippen MR) is 58.2 cm³/mol. The van der Waals surface area contributed by atoms with E-state index in [1.807, 2.05) is 6.92 Å². The molecule has 16 heavy (non-hydrogen) atoms. The van der Waals surface area contributed by atoms with Crippen LogP contribution < -0.4 is 4.90 Å². The van der Waals surface area contributed by atoms with Crippen molar-refractivity contribution in [1.29, 1.82) is 0 Å². The van der Waals surface area contributed by atoms with Gasteiger partial charge in [-0.1, -0.05) is 5.16 Å². The van der Waals surface area contributed by atoms with Gasteiger partial charge in [0.2, 0.25) is 0 Å².